The second-order valence-corrected chi connectivity index (χ2v) is 8.11. The third-order valence-electron chi connectivity index (χ3n) is 6.55. The molecule has 0 atom stereocenters. The summed E-state index contributed by atoms with van der Waals surface area (Å²) in [5.41, 5.74) is 2.35. The second kappa shape index (κ2) is 7.47. The summed E-state index contributed by atoms with van der Waals surface area (Å²) in [7, 11) is 3.71. The summed E-state index contributed by atoms with van der Waals surface area (Å²) in [6, 6.07) is 18.7. The van der Waals surface area contributed by atoms with Crippen LogP contribution in [0.2, 0.25) is 0 Å². The summed E-state index contributed by atoms with van der Waals surface area (Å²) in [5.74, 6) is 0.836. The highest BCUT2D eigenvalue weighted by atomic mass is 16.5. The van der Waals surface area contributed by atoms with Crippen LogP contribution in [0, 0.1) is 0 Å². The SMILES string of the molecule is CNC1(c2ccccc2)CCC2(CC1)CN(Cc1ccc(OC)cc1)C(=O)N2. The molecule has 0 aromatic heterocycles. The molecule has 0 bridgehead atoms. The van der Waals surface area contributed by atoms with Gasteiger partial charge in [-0.1, -0.05) is 42.5 Å². The minimum atomic E-state index is -0.112. The summed E-state index contributed by atoms with van der Waals surface area (Å²) >= 11 is 0. The van der Waals surface area contributed by atoms with E-state index in [0.717, 1.165) is 43.5 Å². The summed E-state index contributed by atoms with van der Waals surface area (Å²) in [4.78, 5) is 14.6. The van der Waals surface area contributed by atoms with Crippen LogP contribution in [-0.2, 0) is 12.1 Å². The Morgan fingerprint density at radius 1 is 1.04 bits per heavy atom. The lowest BCUT2D eigenvalue weighted by Crippen LogP contribution is -2.53. The Kier molecular flexibility index (Phi) is 5.02. The zero-order chi connectivity index (χ0) is 19.6. The van der Waals surface area contributed by atoms with Crippen molar-refractivity contribution in [3.8, 4) is 5.75 Å². The third kappa shape index (κ3) is 3.47. The van der Waals surface area contributed by atoms with Crippen molar-refractivity contribution >= 4 is 6.03 Å². The molecule has 1 aliphatic heterocycles. The van der Waals surface area contributed by atoms with Crippen molar-refractivity contribution in [2.75, 3.05) is 20.7 Å². The number of hydrogen-bond donors (Lipinski definition) is 2. The predicted molar refractivity (Wildman–Crippen MR) is 110 cm³/mol. The molecular weight excluding hydrogens is 350 g/mol. The van der Waals surface area contributed by atoms with Gasteiger partial charge in [-0.15, -0.1) is 0 Å². The first-order chi connectivity index (χ1) is 13.6. The molecular formula is C23H29N3O2. The monoisotopic (exact) mass is 379 g/mol. The Balaban J connectivity index is 1.43. The summed E-state index contributed by atoms with van der Waals surface area (Å²) in [5, 5.41) is 6.88. The van der Waals surface area contributed by atoms with E-state index in [4.69, 9.17) is 4.74 Å². The van der Waals surface area contributed by atoms with Gasteiger partial charge in [-0.05, 0) is 56.0 Å². The number of methoxy groups -OCH3 is 1. The molecule has 28 heavy (non-hydrogen) atoms. The number of carbonyl (C=O) groups is 1. The van der Waals surface area contributed by atoms with Gasteiger partial charge >= 0.3 is 6.03 Å². The number of ether oxygens (including phenoxy) is 1. The van der Waals surface area contributed by atoms with E-state index in [-0.39, 0.29) is 17.1 Å². The van der Waals surface area contributed by atoms with Gasteiger partial charge in [0.2, 0.25) is 0 Å². The Morgan fingerprint density at radius 2 is 1.71 bits per heavy atom. The molecule has 2 N–H and O–H groups in total. The van der Waals surface area contributed by atoms with E-state index < -0.39 is 0 Å². The van der Waals surface area contributed by atoms with E-state index in [1.165, 1.54) is 5.56 Å². The third-order valence-corrected chi connectivity index (χ3v) is 6.55. The van der Waals surface area contributed by atoms with E-state index in [9.17, 15) is 4.79 Å². The minimum Gasteiger partial charge on any atom is -0.497 e. The van der Waals surface area contributed by atoms with Gasteiger partial charge in [-0.25, -0.2) is 4.79 Å². The van der Waals surface area contributed by atoms with Gasteiger partial charge in [-0.3, -0.25) is 0 Å². The lowest BCUT2D eigenvalue weighted by molar-refractivity contribution is 0.157. The molecule has 2 aliphatic rings. The van der Waals surface area contributed by atoms with Crippen molar-refractivity contribution in [2.45, 2.75) is 43.3 Å². The van der Waals surface area contributed by atoms with Gasteiger partial charge in [-0.2, -0.15) is 0 Å². The van der Waals surface area contributed by atoms with E-state index in [0.29, 0.717) is 6.54 Å². The lowest BCUT2D eigenvalue weighted by Gasteiger charge is -2.45. The highest BCUT2D eigenvalue weighted by Crippen LogP contribution is 2.43. The molecule has 5 nitrogen and oxygen atoms in total. The van der Waals surface area contributed by atoms with Crippen LogP contribution < -0.4 is 15.4 Å². The van der Waals surface area contributed by atoms with Crippen molar-refractivity contribution in [1.29, 1.82) is 0 Å². The van der Waals surface area contributed by atoms with Gasteiger partial charge in [0.1, 0.15) is 5.75 Å². The molecule has 0 radical (unpaired) electrons. The Hall–Kier alpha value is -2.53. The van der Waals surface area contributed by atoms with Crippen molar-refractivity contribution in [3.05, 3.63) is 65.7 Å². The Labute approximate surface area is 167 Å². The van der Waals surface area contributed by atoms with Crippen LogP contribution >= 0.6 is 0 Å². The average molecular weight is 380 g/mol. The molecule has 2 aromatic rings. The van der Waals surface area contributed by atoms with Gasteiger partial charge in [0.15, 0.2) is 0 Å². The first-order valence-corrected chi connectivity index (χ1v) is 10.0. The van der Waals surface area contributed by atoms with Crippen LogP contribution in [0.1, 0.15) is 36.8 Å². The molecule has 4 rings (SSSR count). The van der Waals surface area contributed by atoms with Crippen molar-refractivity contribution in [3.63, 3.8) is 0 Å². The fourth-order valence-corrected chi connectivity index (χ4v) is 4.74. The smallest absolute Gasteiger partial charge is 0.318 e. The van der Waals surface area contributed by atoms with Gasteiger partial charge in [0.05, 0.1) is 12.6 Å². The zero-order valence-corrected chi connectivity index (χ0v) is 16.7. The van der Waals surface area contributed by atoms with Gasteiger partial charge < -0.3 is 20.3 Å². The van der Waals surface area contributed by atoms with Crippen LogP contribution in [0.15, 0.2) is 54.6 Å². The zero-order valence-electron chi connectivity index (χ0n) is 16.7. The normalized spacial score (nSPS) is 27.1. The molecule has 148 valence electrons. The van der Waals surface area contributed by atoms with E-state index in [1.807, 2.05) is 36.2 Å². The first kappa shape index (κ1) is 18.8. The highest BCUT2D eigenvalue weighted by Gasteiger charge is 2.48. The highest BCUT2D eigenvalue weighted by molar-refractivity contribution is 5.78. The Morgan fingerprint density at radius 3 is 2.32 bits per heavy atom. The number of benzene rings is 2. The number of nitrogens with one attached hydrogen (secondary N) is 2. The number of carbonyl (C=O) groups excluding carboxylic acids is 1. The average Bonchev–Trinajstić information content (AvgIpc) is 3.05. The summed E-state index contributed by atoms with van der Waals surface area (Å²) in [6.07, 6.45) is 4.00. The van der Waals surface area contributed by atoms with Crippen LogP contribution in [0.4, 0.5) is 4.79 Å². The molecule has 5 heteroatoms. The van der Waals surface area contributed by atoms with Crippen LogP contribution in [0.5, 0.6) is 5.75 Å². The van der Waals surface area contributed by atoms with Crippen molar-refractivity contribution in [1.82, 2.24) is 15.5 Å². The predicted octanol–water partition coefficient (Wildman–Crippen LogP) is 3.65. The maximum absolute atomic E-state index is 12.7. The van der Waals surface area contributed by atoms with Gasteiger partial charge in [0, 0.05) is 18.6 Å². The molecule has 1 heterocycles. The number of nitrogens with zero attached hydrogens (tertiary/aromatic N) is 1. The second-order valence-electron chi connectivity index (χ2n) is 8.11. The van der Waals surface area contributed by atoms with E-state index in [2.05, 4.69) is 41.0 Å². The maximum Gasteiger partial charge on any atom is 0.318 e. The molecule has 1 saturated heterocycles. The molecule has 1 aliphatic carbocycles. The minimum absolute atomic E-state index is 0.000636. The first-order valence-electron chi connectivity index (χ1n) is 10.0. The number of rotatable bonds is 5. The molecule has 2 amide bonds. The van der Waals surface area contributed by atoms with E-state index in [1.54, 1.807) is 7.11 Å². The molecule has 1 spiro atoms. The Bertz CT molecular complexity index is 812. The quantitative estimate of drug-likeness (QED) is 0.834. The molecule has 0 unspecified atom stereocenters. The molecule has 2 fully saturated rings. The van der Waals surface area contributed by atoms with Crippen molar-refractivity contribution in [2.24, 2.45) is 0 Å². The summed E-state index contributed by atoms with van der Waals surface area (Å²) < 4.78 is 5.22. The number of urea groups is 1. The lowest BCUT2D eigenvalue weighted by atomic mass is 9.69. The van der Waals surface area contributed by atoms with E-state index >= 15 is 0 Å². The standard InChI is InChI=1S/C23H29N3O2/c1-24-23(19-6-4-3-5-7-19)14-12-22(13-15-23)17-26(21(27)25-22)16-18-8-10-20(28-2)11-9-18/h3-11,24H,12-17H2,1-2H3,(H,25,27). The van der Waals surface area contributed by atoms with Crippen LogP contribution in [-0.4, -0.2) is 37.2 Å². The van der Waals surface area contributed by atoms with Crippen LogP contribution in [0.3, 0.4) is 0 Å². The summed E-state index contributed by atoms with van der Waals surface area (Å²) in [6.45, 7) is 1.40. The van der Waals surface area contributed by atoms with Crippen LogP contribution in [0.25, 0.3) is 0 Å². The van der Waals surface area contributed by atoms with Crippen molar-refractivity contribution < 1.29 is 9.53 Å². The number of hydrogen-bond acceptors (Lipinski definition) is 3. The largest absolute Gasteiger partial charge is 0.497 e. The fraction of sp³-hybridized carbons (Fsp3) is 0.435. The molecule has 2 aromatic carbocycles. The topological polar surface area (TPSA) is 53.6 Å². The van der Waals surface area contributed by atoms with Gasteiger partial charge in [0.25, 0.3) is 0 Å². The maximum atomic E-state index is 12.7. The molecule has 1 saturated carbocycles. The fourth-order valence-electron chi connectivity index (χ4n) is 4.74. The number of amides is 2.